The molecular formula is C82H156N3O19P. The van der Waals surface area contributed by atoms with E-state index >= 15 is 0 Å². The Balaban J connectivity index is 0.000108. The fourth-order valence-corrected chi connectivity index (χ4v) is 14.3. The molecule has 2 amide bonds. The molecule has 0 unspecified atom stereocenters. The number of hydrogen-bond donors (Lipinski definition) is 6. The highest BCUT2D eigenvalue weighted by atomic mass is 31.2. The largest absolute Gasteiger partial charge is 0.550 e. The number of carboxylic acids is 1. The maximum atomic E-state index is 14.9. The fraction of sp³-hybridized carbons (Fsp3) is 0.915. The number of aliphatic hydroxyl groups excluding tert-OH is 1. The van der Waals surface area contributed by atoms with Gasteiger partial charge in [-0.1, -0.05) is 311 Å². The quantitative estimate of drug-likeness (QED) is 0.0143. The third kappa shape index (κ3) is 58.8. The fourth-order valence-electron chi connectivity index (χ4n) is 13.7. The van der Waals surface area contributed by atoms with Crippen LogP contribution in [0.5, 0.6) is 0 Å². The summed E-state index contributed by atoms with van der Waals surface area (Å²) >= 11 is 0. The van der Waals surface area contributed by atoms with Crippen molar-refractivity contribution in [2.45, 2.75) is 469 Å². The number of aliphatic hydroxyl groups is 1. The maximum absolute atomic E-state index is 14.9. The molecule has 618 valence electrons. The van der Waals surface area contributed by atoms with Crippen LogP contribution in [-0.2, 0) is 71.1 Å². The van der Waals surface area contributed by atoms with Gasteiger partial charge < -0.3 is 70.0 Å². The molecule has 23 heteroatoms. The Labute approximate surface area is 636 Å². The number of quaternary nitrogens is 1. The van der Waals surface area contributed by atoms with Crippen molar-refractivity contribution in [3.8, 4) is 0 Å². The number of phosphoric acid groups is 1. The first-order valence-corrected chi connectivity index (χ1v) is 44.0. The van der Waals surface area contributed by atoms with Crippen molar-refractivity contribution < 1.29 is 91.1 Å². The van der Waals surface area contributed by atoms with Crippen LogP contribution in [0.25, 0.3) is 0 Å². The minimum atomic E-state index is -5.56. The van der Waals surface area contributed by atoms with E-state index in [9.17, 15) is 58.1 Å². The topological polar surface area (TPSA) is 345 Å². The van der Waals surface area contributed by atoms with Gasteiger partial charge in [0.05, 0.1) is 38.5 Å². The molecule has 1 aliphatic rings. The summed E-state index contributed by atoms with van der Waals surface area (Å²) in [5, 5.41) is 29.0. The van der Waals surface area contributed by atoms with Crippen LogP contribution in [0.3, 0.4) is 0 Å². The number of carbonyl (C=O) groups excluding carboxylic acids is 7. The van der Waals surface area contributed by atoms with Crippen molar-refractivity contribution in [2.75, 3.05) is 13.2 Å². The summed E-state index contributed by atoms with van der Waals surface area (Å²) in [6, 6.07) is -3.12. The second-order valence-electron chi connectivity index (χ2n) is 29.9. The van der Waals surface area contributed by atoms with Crippen molar-refractivity contribution >= 4 is 49.5 Å². The molecule has 1 aliphatic heterocycles. The van der Waals surface area contributed by atoms with E-state index in [-0.39, 0.29) is 31.8 Å². The number of carbonyl (C=O) groups is 7. The molecule has 0 saturated carbocycles. The lowest BCUT2D eigenvalue weighted by Crippen LogP contribution is -2.66. The number of carboxylic acid groups (broad SMARTS) is 1. The van der Waals surface area contributed by atoms with Gasteiger partial charge in [-0.3, -0.25) is 33.3 Å². The third-order valence-electron chi connectivity index (χ3n) is 19.9. The zero-order chi connectivity index (χ0) is 76.5. The Morgan fingerprint density at radius 2 is 0.714 bits per heavy atom. The smallest absolute Gasteiger partial charge is 0.470 e. The highest BCUT2D eigenvalue weighted by Crippen LogP contribution is 2.42. The molecule has 0 spiro atoms. The van der Waals surface area contributed by atoms with E-state index in [1.165, 1.54) is 44.9 Å². The van der Waals surface area contributed by atoms with Gasteiger partial charge in [0.25, 0.3) is 0 Å². The summed E-state index contributed by atoms with van der Waals surface area (Å²) in [6.07, 6.45) is 37.7. The lowest BCUT2D eigenvalue weighted by molar-refractivity contribution is -0.307. The molecule has 1 fully saturated rings. The molecular weight excluding hydrogens is 1360 g/mol. The summed E-state index contributed by atoms with van der Waals surface area (Å²) in [5.74, 6) is -5.42. The van der Waals surface area contributed by atoms with Crippen LogP contribution in [0.15, 0.2) is 0 Å². The van der Waals surface area contributed by atoms with Crippen molar-refractivity contribution in [2.24, 2.45) is 0 Å². The van der Waals surface area contributed by atoms with E-state index in [0.717, 1.165) is 225 Å². The molecule has 9 atom stereocenters. The highest BCUT2D eigenvalue weighted by molar-refractivity contribution is 7.46. The van der Waals surface area contributed by atoms with E-state index in [4.69, 9.17) is 32.9 Å². The van der Waals surface area contributed by atoms with Gasteiger partial charge in [0.15, 0.2) is 12.4 Å². The van der Waals surface area contributed by atoms with Gasteiger partial charge in [0.2, 0.25) is 11.8 Å². The molecule has 22 nitrogen and oxygen atoms in total. The molecule has 9 N–H and O–H groups in total. The lowest BCUT2D eigenvalue weighted by atomic mass is 9.95. The second kappa shape index (κ2) is 69.4. The predicted octanol–water partition coefficient (Wildman–Crippen LogP) is 18.7. The van der Waals surface area contributed by atoms with Gasteiger partial charge in [-0.15, -0.1) is 0 Å². The number of ether oxygens (including phenoxy) is 6. The second-order valence-corrected chi connectivity index (χ2v) is 31.1. The highest BCUT2D eigenvalue weighted by Gasteiger charge is 2.52. The van der Waals surface area contributed by atoms with Gasteiger partial charge in [0, 0.05) is 31.7 Å². The van der Waals surface area contributed by atoms with Crippen molar-refractivity contribution in [1.29, 1.82) is 0 Å². The average Bonchev–Trinajstić information content (AvgIpc) is 0.781. The monoisotopic (exact) mass is 1520 g/mol. The molecule has 0 aromatic carbocycles. The standard InChI is InChI=1S/C82H153N2O19P.H3N/c1-7-13-19-25-31-34-40-43-49-55-68(98-75(90)58-52-46-37-28-22-16-10-4)62-72(86)83-67(61-74(88)89)66-97-82-79(84-73(87)63-69(56-50-44-41-35-32-26-20-14-8-2)99-76(91)59-53-47-38-29-23-17-11-5)81(80(71(65-85)101-82)103-104(94,95)96)102-78(93)64-70(57-51-45-42-36-33-27-21-15-9-3)100-77(92)60-54-48-39-30-24-18-12-6;/h67-71,79-82,85H,7-66H2,1-6H3,(H,83,86)(H,84,87)(H,88,89)(H2,94,95,96);1H3/t67-,68-,69-,70-,71-,79-,80-,81-,82-;/m1./s1. The van der Waals surface area contributed by atoms with Crippen LogP contribution in [0.4, 0.5) is 0 Å². The Bertz CT molecular complexity index is 2190. The molecule has 1 heterocycles. The van der Waals surface area contributed by atoms with Gasteiger partial charge in [-0.25, -0.2) is 4.57 Å². The van der Waals surface area contributed by atoms with Crippen LogP contribution in [0.1, 0.15) is 414 Å². The van der Waals surface area contributed by atoms with Gasteiger partial charge in [-0.05, 0) is 57.8 Å². The lowest BCUT2D eigenvalue weighted by Gasteiger charge is -2.45. The molecule has 1 rings (SSSR count). The number of hydrogen-bond acceptors (Lipinski definition) is 17. The zero-order valence-corrected chi connectivity index (χ0v) is 68.3. The molecule has 0 bridgehead atoms. The van der Waals surface area contributed by atoms with E-state index in [0.29, 0.717) is 57.8 Å². The summed E-state index contributed by atoms with van der Waals surface area (Å²) in [7, 11) is -5.56. The van der Waals surface area contributed by atoms with E-state index in [2.05, 4.69) is 52.2 Å². The van der Waals surface area contributed by atoms with Crippen LogP contribution in [-0.4, -0.2) is 125 Å². The summed E-state index contributed by atoms with van der Waals surface area (Å²) in [6.45, 7) is 11.3. The van der Waals surface area contributed by atoms with Crippen molar-refractivity contribution in [3.05, 3.63) is 0 Å². The van der Waals surface area contributed by atoms with Gasteiger partial charge >= 0.3 is 31.7 Å². The average molecular weight is 1520 g/mol. The zero-order valence-electron chi connectivity index (χ0n) is 67.4. The summed E-state index contributed by atoms with van der Waals surface area (Å²) in [5.41, 5.74) is 0. The molecule has 1 saturated heterocycles. The third-order valence-corrected chi connectivity index (χ3v) is 20.4. The molecule has 0 aromatic heterocycles. The van der Waals surface area contributed by atoms with Crippen molar-refractivity contribution in [1.82, 2.24) is 16.8 Å². The number of rotatable bonds is 74. The first-order valence-electron chi connectivity index (χ1n) is 42.5. The maximum Gasteiger partial charge on any atom is 0.470 e. The van der Waals surface area contributed by atoms with Crippen LogP contribution >= 0.6 is 7.82 Å². The predicted molar refractivity (Wildman–Crippen MR) is 415 cm³/mol. The number of aliphatic carboxylic acids is 1. The SMILES string of the molecule is CCCCCCCCCCC[C@H](CC(=O)N[C@@H](CO[C@@H]1O[C@H](CO)[C@@H](OP(=O)(O)O)[C@H](OC(=O)C[C@@H](CCCCCCCCCCC)OC(=O)CCCCCCCCC)[C@H]1NC(=O)C[C@@H](CCCCCCCCCCC)OC(=O)CCCCCCCCC)CC(=O)[O-])OC(=O)CCCCCCCCC.[NH4+]. The molecule has 0 aromatic rings. The Morgan fingerprint density at radius 3 is 1.03 bits per heavy atom. The van der Waals surface area contributed by atoms with E-state index in [1.807, 2.05) is 0 Å². The summed E-state index contributed by atoms with van der Waals surface area (Å²) < 4.78 is 55.2. The van der Waals surface area contributed by atoms with Gasteiger partial charge in [-0.2, -0.15) is 0 Å². The Kier molecular flexibility index (Phi) is 66.9. The van der Waals surface area contributed by atoms with Crippen LogP contribution < -0.4 is 21.9 Å². The Hall–Kier alpha value is -3.76. The first kappa shape index (κ1) is 101. The number of amides is 2. The van der Waals surface area contributed by atoms with E-state index < -0.39 is 137 Å². The Morgan fingerprint density at radius 1 is 0.410 bits per heavy atom. The molecule has 0 aliphatic carbocycles. The molecule has 105 heavy (non-hydrogen) atoms. The number of esters is 4. The van der Waals surface area contributed by atoms with Gasteiger partial charge in [0.1, 0.15) is 36.6 Å². The minimum absolute atomic E-state index is 0. The number of phosphoric ester groups is 1. The normalized spacial score (nSPS) is 17.1. The van der Waals surface area contributed by atoms with Crippen LogP contribution in [0.2, 0.25) is 0 Å². The number of unbranched alkanes of at least 4 members (excludes halogenated alkanes) is 42. The first-order chi connectivity index (χ1) is 50.3. The van der Waals surface area contributed by atoms with Crippen molar-refractivity contribution in [3.63, 3.8) is 0 Å². The van der Waals surface area contributed by atoms with Crippen LogP contribution in [0, 0.1) is 0 Å². The molecule has 0 radical (unpaired) electrons. The van der Waals surface area contributed by atoms with E-state index in [1.54, 1.807) is 0 Å². The minimum Gasteiger partial charge on any atom is -0.550 e. The summed E-state index contributed by atoms with van der Waals surface area (Å²) in [4.78, 5) is 118. The number of nitrogens with one attached hydrogen (secondary N) is 2.